The summed E-state index contributed by atoms with van der Waals surface area (Å²) in [6.45, 7) is 3.53. The second kappa shape index (κ2) is 8.41. The van der Waals surface area contributed by atoms with E-state index in [4.69, 9.17) is 0 Å². The molecule has 0 fully saturated rings. The van der Waals surface area contributed by atoms with E-state index < -0.39 is 44.5 Å². The van der Waals surface area contributed by atoms with E-state index in [0.717, 1.165) is 23.1 Å². The molecule has 2 rings (SSSR count). The van der Waals surface area contributed by atoms with Crippen molar-refractivity contribution in [2.75, 3.05) is 0 Å². The molecule has 1 aromatic carbocycles. The Balaban J connectivity index is 2.18. The third-order valence-corrected chi connectivity index (χ3v) is 6.04. The minimum Gasteiger partial charge on any atom is -0.350 e. The Kier molecular flexibility index (Phi) is 6.66. The predicted octanol–water partition coefficient (Wildman–Crippen LogP) is 3.39. The third kappa shape index (κ3) is 5.78. The first-order valence-electron chi connectivity index (χ1n) is 8.00. The molecule has 0 radical (unpaired) electrons. The van der Waals surface area contributed by atoms with E-state index in [1.54, 1.807) is 13.8 Å². The molecule has 0 saturated carbocycles. The van der Waals surface area contributed by atoms with Gasteiger partial charge in [0.2, 0.25) is 15.9 Å². The molecule has 0 bridgehead atoms. The molecular formula is C17H19F3N2O3S2. The van der Waals surface area contributed by atoms with Crippen molar-refractivity contribution < 1.29 is 26.4 Å². The van der Waals surface area contributed by atoms with Gasteiger partial charge in [0.1, 0.15) is 6.04 Å². The third-order valence-electron chi connectivity index (χ3n) is 3.72. The highest BCUT2D eigenvalue weighted by atomic mass is 32.2. The van der Waals surface area contributed by atoms with Gasteiger partial charge in [0, 0.05) is 4.88 Å². The molecule has 10 heteroatoms. The summed E-state index contributed by atoms with van der Waals surface area (Å²) in [5, 5.41) is 4.49. The van der Waals surface area contributed by atoms with Gasteiger partial charge in [-0.15, -0.1) is 11.3 Å². The van der Waals surface area contributed by atoms with E-state index in [1.165, 1.54) is 11.3 Å². The first-order valence-corrected chi connectivity index (χ1v) is 10.4. The molecule has 1 heterocycles. The Morgan fingerprint density at radius 1 is 1.19 bits per heavy atom. The zero-order valence-corrected chi connectivity index (χ0v) is 16.2. The van der Waals surface area contributed by atoms with Gasteiger partial charge in [0.05, 0.1) is 17.0 Å². The first kappa shape index (κ1) is 21.4. The minimum absolute atomic E-state index is 0.241. The topological polar surface area (TPSA) is 75.3 Å². The van der Waals surface area contributed by atoms with E-state index in [1.807, 2.05) is 17.5 Å². The van der Waals surface area contributed by atoms with Crippen LogP contribution in [0.2, 0.25) is 0 Å². The van der Waals surface area contributed by atoms with Crippen molar-refractivity contribution in [3.8, 4) is 0 Å². The van der Waals surface area contributed by atoms with Crippen molar-refractivity contribution in [3.63, 3.8) is 0 Å². The molecule has 0 aliphatic heterocycles. The van der Waals surface area contributed by atoms with Gasteiger partial charge in [-0.25, -0.2) is 8.42 Å². The van der Waals surface area contributed by atoms with Crippen molar-refractivity contribution in [3.05, 3.63) is 52.2 Å². The Morgan fingerprint density at radius 2 is 1.89 bits per heavy atom. The fourth-order valence-corrected chi connectivity index (χ4v) is 4.30. The molecule has 27 heavy (non-hydrogen) atoms. The fraction of sp³-hybridized carbons (Fsp3) is 0.353. The van der Waals surface area contributed by atoms with Gasteiger partial charge < -0.3 is 5.32 Å². The van der Waals surface area contributed by atoms with Crippen LogP contribution in [0.25, 0.3) is 0 Å². The van der Waals surface area contributed by atoms with Crippen LogP contribution in [0.4, 0.5) is 13.2 Å². The Labute approximate surface area is 159 Å². The Bertz CT molecular complexity index is 879. The number of benzene rings is 1. The van der Waals surface area contributed by atoms with E-state index in [-0.39, 0.29) is 6.54 Å². The normalized spacial score (nSPS) is 13.6. The number of hydrogen-bond acceptors (Lipinski definition) is 4. The standard InChI is InChI=1S/C17H19F3N2O3S2/c1-11(2)15(16(23)21-10-13-6-4-8-26-13)22-27(24,25)14-7-3-5-12(9-14)17(18,19)20/h3-9,11,15,22H,10H2,1-2H3,(H,21,23)/t15-/m0/s1. The number of alkyl halides is 3. The fourth-order valence-electron chi connectivity index (χ4n) is 2.26. The largest absolute Gasteiger partial charge is 0.416 e. The van der Waals surface area contributed by atoms with Crippen molar-refractivity contribution in [1.82, 2.24) is 10.0 Å². The predicted molar refractivity (Wildman–Crippen MR) is 96.6 cm³/mol. The van der Waals surface area contributed by atoms with Crippen LogP contribution in [-0.2, 0) is 27.5 Å². The molecule has 0 spiro atoms. The molecule has 1 aromatic heterocycles. The summed E-state index contributed by atoms with van der Waals surface area (Å²) >= 11 is 1.44. The number of sulfonamides is 1. The molecule has 1 amide bonds. The highest BCUT2D eigenvalue weighted by molar-refractivity contribution is 7.89. The van der Waals surface area contributed by atoms with Crippen LogP contribution in [0.3, 0.4) is 0 Å². The summed E-state index contributed by atoms with van der Waals surface area (Å²) < 4.78 is 65.7. The number of carbonyl (C=O) groups excluding carboxylic acids is 1. The number of hydrogen-bond donors (Lipinski definition) is 2. The maximum Gasteiger partial charge on any atom is 0.416 e. The molecule has 0 unspecified atom stereocenters. The lowest BCUT2D eigenvalue weighted by molar-refractivity contribution is -0.137. The molecule has 0 aliphatic carbocycles. The molecule has 2 aromatic rings. The number of amides is 1. The van der Waals surface area contributed by atoms with Crippen LogP contribution < -0.4 is 10.0 Å². The van der Waals surface area contributed by atoms with Crippen molar-refractivity contribution in [1.29, 1.82) is 0 Å². The molecule has 2 N–H and O–H groups in total. The lowest BCUT2D eigenvalue weighted by Gasteiger charge is -2.21. The average Bonchev–Trinajstić information content (AvgIpc) is 3.10. The van der Waals surface area contributed by atoms with Crippen LogP contribution >= 0.6 is 11.3 Å². The smallest absolute Gasteiger partial charge is 0.350 e. The second-order valence-corrected chi connectivity index (χ2v) is 8.91. The molecule has 5 nitrogen and oxygen atoms in total. The lowest BCUT2D eigenvalue weighted by Crippen LogP contribution is -2.49. The monoisotopic (exact) mass is 420 g/mol. The molecule has 0 saturated heterocycles. The average molecular weight is 420 g/mol. The van der Waals surface area contributed by atoms with Crippen LogP contribution in [-0.4, -0.2) is 20.4 Å². The van der Waals surface area contributed by atoms with Gasteiger partial charge >= 0.3 is 6.18 Å². The van der Waals surface area contributed by atoms with Gasteiger partial charge in [-0.1, -0.05) is 26.0 Å². The zero-order valence-electron chi connectivity index (χ0n) is 14.6. The van der Waals surface area contributed by atoms with Crippen LogP contribution in [0.1, 0.15) is 24.3 Å². The summed E-state index contributed by atoms with van der Waals surface area (Å²) in [5.74, 6) is -0.956. The maximum absolute atomic E-state index is 12.8. The van der Waals surface area contributed by atoms with Gasteiger partial charge in [0.25, 0.3) is 0 Å². The molecule has 0 aliphatic rings. The molecule has 1 atom stereocenters. The van der Waals surface area contributed by atoms with Crippen LogP contribution in [0.5, 0.6) is 0 Å². The highest BCUT2D eigenvalue weighted by Crippen LogP contribution is 2.30. The molecular weight excluding hydrogens is 401 g/mol. The number of thiophene rings is 1. The number of nitrogens with one attached hydrogen (secondary N) is 2. The summed E-state index contributed by atoms with van der Waals surface area (Å²) in [4.78, 5) is 12.7. The van der Waals surface area contributed by atoms with E-state index in [9.17, 15) is 26.4 Å². The summed E-state index contributed by atoms with van der Waals surface area (Å²) in [6.07, 6.45) is -4.67. The minimum atomic E-state index is -4.67. The van der Waals surface area contributed by atoms with E-state index in [0.29, 0.717) is 6.07 Å². The van der Waals surface area contributed by atoms with Crippen molar-refractivity contribution in [2.24, 2.45) is 5.92 Å². The van der Waals surface area contributed by atoms with E-state index in [2.05, 4.69) is 10.0 Å². The van der Waals surface area contributed by atoms with Crippen LogP contribution in [0.15, 0.2) is 46.7 Å². The summed E-state index contributed by atoms with van der Waals surface area (Å²) in [7, 11) is -4.31. The molecule has 148 valence electrons. The number of carbonyl (C=O) groups is 1. The lowest BCUT2D eigenvalue weighted by atomic mass is 10.1. The Hall–Kier alpha value is -1.91. The first-order chi connectivity index (χ1) is 12.5. The van der Waals surface area contributed by atoms with Crippen molar-refractivity contribution in [2.45, 2.75) is 37.5 Å². The van der Waals surface area contributed by atoms with Gasteiger partial charge in [-0.3, -0.25) is 4.79 Å². The SMILES string of the molecule is CC(C)[C@H](NS(=O)(=O)c1cccc(C(F)(F)F)c1)C(=O)NCc1cccs1. The maximum atomic E-state index is 12.8. The number of halogens is 3. The van der Waals surface area contributed by atoms with E-state index >= 15 is 0 Å². The van der Waals surface area contributed by atoms with Gasteiger partial charge in [-0.2, -0.15) is 17.9 Å². The van der Waals surface area contributed by atoms with Gasteiger partial charge in [0.15, 0.2) is 0 Å². The van der Waals surface area contributed by atoms with Crippen molar-refractivity contribution >= 4 is 27.3 Å². The summed E-state index contributed by atoms with van der Waals surface area (Å²) in [5.41, 5.74) is -1.08. The Morgan fingerprint density at radius 3 is 2.44 bits per heavy atom. The zero-order chi connectivity index (χ0) is 20.2. The summed E-state index contributed by atoms with van der Waals surface area (Å²) in [6, 6.07) is 5.92. The highest BCUT2D eigenvalue weighted by Gasteiger charge is 2.33. The second-order valence-electron chi connectivity index (χ2n) is 6.17. The number of rotatable bonds is 7. The quantitative estimate of drug-likeness (QED) is 0.721. The van der Waals surface area contributed by atoms with Crippen LogP contribution in [0, 0.1) is 5.92 Å². The van der Waals surface area contributed by atoms with Gasteiger partial charge in [-0.05, 0) is 35.6 Å².